The maximum atomic E-state index is 9.41. The van der Waals surface area contributed by atoms with Crippen LogP contribution in [0.4, 0.5) is 0 Å². The van der Waals surface area contributed by atoms with Gasteiger partial charge in [0.2, 0.25) is 0 Å². The van der Waals surface area contributed by atoms with Crippen molar-refractivity contribution in [2.75, 3.05) is 13.2 Å². The number of aliphatic hydroxyl groups is 1. The van der Waals surface area contributed by atoms with Gasteiger partial charge in [0.15, 0.2) is 0 Å². The summed E-state index contributed by atoms with van der Waals surface area (Å²) >= 11 is 0. The number of rotatable bonds is 3. The molecule has 1 aromatic rings. The molecule has 0 radical (unpaired) electrons. The number of hydrogen-bond donors (Lipinski definition) is 2. The number of nitrogens with zero attached hydrogens (tertiary/aromatic N) is 1. The van der Waals surface area contributed by atoms with Gasteiger partial charge in [-0.2, -0.15) is 0 Å². The Kier molecular flexibility index (Phi) is 3.14. The van der Waals surface area contributed by atoms with Gasteiger partial charge < -0.3 is 10.4 Å². The third-order valence-corrected chi connectivity index (χ3v) is 4.18. The summed E-state index contributed by atoms with van der Waals surface area (Å²) in [5, 5.41) is 12.9. The number of hydrogen-bond acceptors (Lipinski definition) is 3. The molecule has 3 rings (SSSR count). The van der Waals surface area contributed by atoms with E-state index in [2.05, 4.69) is 40.5 Å². The lowest BCUT2D eigenvalue weighted by Crippen LogP contribution is -2.58. The Bertz CT molecular complexity index is 368. The molecule has 0 aromatic heterocycles. The van der Waals surface area contributed by atoms with Crippen molar-refractivity contribution in [3.63, 3.8) is 0 Å². The molecule has 2 heterocycles. The minimum absolute atomic E-state index is 0.253. The first-order chi connectivity index (χ1) is 8.38. The highest BCUT2D eigenvalue weighted by atomic mass is 16.3. The Morgan fingerprint density at radius 2 is 2.06 bits per heavy atom. The molecular weight excluding hydrogens is 212 g/mol. The third-order valence-electron chi connectivity index (χ3n) is 4.18. The average Bonchev–Trinajstić information content (AvgIpc) is 2.64. The lowest BCUT2D eigenvalue weighted by molar-refractivity contribution is 0.0788. The average molecular weight is 232 g/mol. The normalized spacial score (nSPS) is 32.9. The fourth-order valence-electron chi connectivity index (χ4n) is 3.27. The van der Waals surface area contributed by atoms with Crippen LogP contribution in [0.1, 0.15) is 18.4 Å². The first kappa shape index (κ1) is 11.2. The molecule has 17 heavy (non-hydrogen) atoms. The van der Waals surface area contributed by atoms with Crippen LogP contribution in [0.25, 0.3) is 0 Å². The first-order valence-corrected chi connectivity index (χ1v) is 6.52. The van der Waals surface area contributed by atoms with Gasteiger partial charge in [-0.15, -0.1) is 0 Å². The Labute approximate surface area is 102 Å². The van der Waals surface area contributed by atoms with Crippen molar-refractivity contribution in [1.29, 1.82) is 0 Å². The molecular formula is C14H20N2O. The van der Waals surface area contributed by atoms with Gasteiger partial charge >= 0.3 is 0 Å². The van der Waals surface area contributed by atoms with Crippen LogP contribution in [0.2, 0.25) is 0 Å². The van der Waals surface area contributed by atoms with Crippen LogP contribution < -0.4 is 5.32 Å². The maximum Gasteiger partial charge on any atom is 0.0600 e. The van der Waals surface area contributed by atoms with E-state index in [1.807, 2.05) is 0 Å². The van der Waals surface area contributed by atoms with Crippen LogP contribution in [0, 0.1) is 0 Å². The van der Waals surface area contributed by atoms with Gasteiger partial charge in [0.25, 0.3) is 0 Å². The smallest absolute Gasteiger partial charge is 0.0600 e. The van der Waals surface area contributed by atoms with Crippen LogP contribution in [0.5, 0.6) is 0 Å². The number of aliphatic hydroxyl groups excluding tert-OH is 1. The topological polar surface area (TPSA) is 35.5 Å². The van der Waals surface area contributed by atoms with Crippen LogP contribution in [0.15, 0.2) is 30.3 Å². The Balaban J connectivity index is 1.75. The summed E-state index contributed by atoms with van der Waals surface area (Å²) < 4.78 is 0. The zero-order valence-corrected chi connectivity index (χ0v) is 10.0. The molecule has 2 aliphatic rings. The van der Waals surface area contributed by atoms with Crippen LogP contribution in [0.3, 0.4) is 0 Å². The van der Waals surface area contributed by atoms with Crippen LogP contribution in [-0.2, 0) is 6.54 Å². The van der Waals surface area contributed by atoms with Gasteiger partial charge in [-0.25, -0.2) is 0 Å². The van der Waals surface area contributed by atoms with Crippen molar-refractivity contribution in [2.45, 2.75) is 37.5 Å². The van der Waals surface area contributed by atoms with E-state index in [4.69, 9.17) is 0 Å². The number of benzene rings is 1. The molecule has 3 nitrogen and oxygen atoms in total. The van der Waals surface area contributed by atoms with E-state index >= 15 is 0 Å². The molecule has 3 heteroatoms. The minimum atomic E-state index is 0.253. The van der Waals surface area contributed by atoms with E-state index in [9.17, 15) is 5.11 Å². The monoisotopic (exact) mass is 232 g/mol. The molecule has 1 aromatic carbocycles. The fourth-order valence-corrected chi connectivity index (χ4v) is 3.27. The zero-order valence-electron chi connectivity index (χ0n) is 10.0. The van der Waals surface area contributed by atoms with Gasteiger partial charge in [0.1, 0.15) is 0 Å². The van der Waals surface area contributed by atoms with Crippen molar-refractivity contribution in [1.82, 2.24) is 10.2 Å². The lowest BCUT2D eigenvalue weighted by atomic mass is 10.0. The van der Waals surface area contributed by atoms with Crippen LogP contribution in [-0.4, -0.2) is 41.3 Å². The largest absolute Gasteiger partial charge is 0.395 e. The Morgan fingerprint density at radius 1 is 1.24 bits per heavy atom. The highest BCUT2D eigenvalue weighted by Gasteiger charge is 2.41. The molecule has 0 aliphatic carbocycles. The summed E-state index contributed by atoms with van der Waals surface area (Å²) in [7, 11) is 0. The van der Waals surface area contributed by atoms with Gasteiger partial charge in [-0.05, 0) is 18.4 Å². The molecule has 2 saturated heterocycles. The number of piperazine rings is 1. The molecule has 2 fully saturated rings. The Hall–Kier alpha value is -0.900. The van der Waals surface area contributed by atoms with Crippen LogP contribution >= 0.6 is 0 Å². The lowest BCUT2D eigenvalue weighted by Gasteiger charge is -2.40. The molecule has 2 aliphatic heterocycles. The Morgan fingerprint density at radius 3 is 2.82 bits per heavy atom. The summed E-state index contributed by atoms with van der Waals surface area (Å²) in [5.41, 5.74) is 1.38. The molecule has 92 valence electrons. The minimum Gasteiger partial charge on any atom is -0.395 e. The number of fused-ring (bicyclic) bond motifs is 2. The maximum absolute atomic E-state index is 9.41. The SMILES string of the molecule is OC[C@H]1NC[C@H]2CC[C@@H]1N2Cc1ccccc1. The zero-order chi connectivity index (χ0) is 11.7. The van der Waals surface area contributed by atoms with Gasteiger partial charge in [0, 0.05) is 31.2 Å². The van der Waals surface area contributed by atoms with E-state index in [1.54, 1.807) is 0 Å². The fraction of sp³-hybridized carbons (Fsp3) is 0.571. The third kappa shape index (κ3) is 2.10. The molecule has 0 amide bonds. The first-order valence-electron chi connectivity index (χ1n) is 6.52. The molecule has 3 atom stereocenters. The van der Waals surface area contributed by atoms with E-state index in [0.717, 1.165) is 13.1 Å². The van der Waals surface area contributed by atoms with E-state index in [1.165, 1.54) is 18.4 Å². The van der Waals surface area contributed by atoms with Gasteiger partial charge in [0.05, 0.1) is 6.61 Å². The second-order valence-corrected chi connectivity index (χ2v) is 5.15. The van der Waals surface area contributed by atoms with Crippen molar-refractivity contribution in [3.05, 3.63) is 35.9 Å². The van der Waals surface area contributed by atoms with Crippen molar-refractivity contribution in [3.8, 4) is 0 Å². The second-order valence-electron chi connectivity index (χ2n) is 5.15. The van der Waals surface area contributed by atoms with E-state index < -0.39 is 0 Å². The standard InChI is InChI=1S/C14H20N2O/c17-10-13-14-7-6-12(8-15-13)16(14)9-11-4-2-1-3-5-11/h1-5,12-15,17H,6-10H2/t12-,13-,14+/m1/s1. The summed E-state index contributed by atoms with van der Waals surface area (Å²) in [6.45, 7) is 2.30. The predicted molar refractivity (Wildman–Crippen MR) is 67.7 cm³/mol. The second kappa shape index (κ2) is 4.77. The summed E-state index contributed by atoms with van der Waals surface area (Å²) in [4.78, 5) is 2.58. The van der Waals surface area contributed by atoms with E-state index in [0.29, 0.717) is 12.1 Å². The molecule has 2 bridgehead atoms. The van der Waals surface area contributed by atoms with Gasteiger partial charge in [-0.3, -0.25) is 4.90 Å². The molecule has 2 N–H and O–H groups in total. The highest BCUT2D eigenvalue weighted by molar-refractivity contribution is 5.16. The molecule has 0 saturated carbocycles. The highest BCUT2D eigenvalue weighted by Crippen LogP contribution is 2.31. The molecule has 0 spiro atoms. The quantitative estimate of drug-likeness (QED) is 0.815. The van der Waals surface area contributed by atoms with Crippen molar-refractivity contribution < 1.29 is 5.11 Å². The van der Waals surface area contributed by atoms with Crippen molar-refractivity contribution >= 4 is 0 Å². The van der Waals surface area contributed by atoms with Gasteiger partial charge in [-0.1, -0.05) is 30.3 Å². The number of nitrogens with one attached hydrogen (secondary N) is 1. The summed E-state index contributed by atoms with van der Waals surface area (Å²) in [6.07, 6.45) is 2.48. The van der Waals surface area contributed by atoms with E-state index in [-0.39, 0.29) is 12.6 Å². The summed E-state index contributed by atoms with van der Waals surface area (Å²) in [6, 6.07) is 12.1. The summed E-state index contributed by atoms with van der Waals surface area (Å²) in [5.74, 6) is 0. The molecule has 0 unspecified atom stereocenters. The van der Waals surface area contributed by atoms with Crippen molar-refractivity contribution in [2.24, 2.45) is 0 Å². The predicted octanol–water partition coefficient (Wildman–Crippen LogP) is 0.984.